The minimum atomic E-state index is -4.46. The highest BCUT2D eigenvalue weighted by Gasteiger charge is 2.36. The van der Waals surface area contributed by atoms with Crippen molar-refractivity contribution in [3.63, 3.8) is 0 Å². The van der Waals surface area contributed by atoms with Gasteiger partial charge in [-0.15, -0.1) is 0 Å². The first-order valence-electron chi connectivity index (χ1n) is 5.76. The van der Waals surface area contributed by atoms with Crippen molar-refractivity contribution in [3.8, 4) is 0 Å². The number of fused-ring (bicyclic) bond motifs is 1. The fourth-order valence-corrected chi connectivity index (χ4v) is 2.48. The Kier molecular flexibility index (Phi) is 3.71. The third kappa shape index (κ3) is 2.54. The highest BCUT2D eigenvalue weighted by Crippen LogP contribution is 2.38. The molecule has 0 saturated carbocycles. The Hall–Kier alpha value is -1.30. The Morgan fingerprint density at radius 2 is 2.00 bits per heavy atom. The molecule has 0 unspecified atom stereocenters. The Bertz CT molecular complexity index is 623. The highest BCUT2D eigenvalue weighted by molar-refractivity contribution is 9.10. The molecule has 2 nitrogen and oxygen atoms in total. The van der Waals surface area contributed by atoms with Crippen LogP contribution in [0.15, 0.2) is 22.7 Å². The molecule has 0 aliphatic carbocycles. The molecule has 2 rings (SSSR count). The Morgan fingerprint density at radius 3 is 2.58 bits per heavy atom. The van der Waals surface area contributed by atoms with Crippen molar-refractivity contribution in [3.05, 3.63) is 33.9 Å². The van der Waals surface area contributed by atoms with E-state index in [2.05, 4.69) is 26.2 Å². The van der Waals surface area contributed by atoms with Crippen molar-refractivity contribution in [1.82, 2.24) is 4.98 Å². The molecule has 0 fully saturated rings. The maximum Gasteiger partial charge on any atom is 0.433 e. The molecule has 0 aliphatic heterocycles. The van der Waals surface area contributed by atoms with Gasteiger partial charge in [0.1, 0.15) is 5.69 Å². The van der Waals surface area contributed by atoms with Crippen LogP contribution in [0.4, 0.5) is 18.9 Å². The molecule has 0 amide bonds. The second kappa shape index (κ2) is 5.00. The number of para-hydroxylation sites is 1. The van der Waals surface area contributed by atoms with E-state index in [4.69, 9.17) is 0 Å². The maximum atomic E-state index is 13.0. The van der Waals surface area contributed by atoms with Gasteiger partial charge in [0, 0.05) is 27.7 Å². The summed E-state index contributed by atoms with van der Waals surface area (Å²) in [5, 5.41) is 3.68. The quantitative estimate of drug-likeness (QED) is 0.857. The topological polar surface area (TPSA) is 24.9 Å². The first-order chi connectivity index (χ1) is 8.86. The van der Waals surface area contributed by atoms with Gasteiger partial charge in [0.05, 0.1) is 5.52 Å². The summed E-state index contributed by atoms with van der Waals surface area (Å²) < 4.78 is 39.6. The molecule has 19 heavy (non-hydrogen) atoms. The van der Waals surface area contributed by atoms with Gasteiger partial charge in [0.2, 0.25) is 0 Å². The van der Waals surface area contributed by atoms with Gasteiger partial charge >= 0.3 is 6.18 Å². The molecule has 1 aromatic carbocycles. The van der Waals surface area contributed by atoms with Crippen molar-refractivity contribution in [2.45, 2.75) is 20.0 Å². The molecule has 0 aliphatic rings. The zero-order valence-electron chi connectivity index (χ0n) is 10.4. The van der Waals surface area contributed by atoms with Crippen LogP contribution >= 0.6 is 15.9 Å². The van der Waals surface area contributed by atoms with Crippen molar-refractivity contribution in [2.24, 2.45) is 0 Å². The van der Waals surface area contributed by atoms with Gasteiger partial charge in [-0.3, -0.25) is 0 Å². The van der Waals surface area contributed by atoms with E-state index in [1.807, 2.05) is 6.92 Å². The second-order valence-corrected chi connectivity index (χ2v) is 4.98. The molecule has 2 aromatic rings. The third-order valence-electron chi connectivity index (χ3n) is 2.83. The molecule has 0 saturated heterocycles. The van der Waals surface area contributed by atoms with Gasteiger partial charge < -0.3 is 5.32 Å². The van der Waals surface area contributed by atoms with Crippen molar-refractivity contribution in [1.29, 1.82) is 0 Å². The zero-order chi connectivity index (χ0) is 14.2. The number of benzene rings is 1. The van der Waals surface area contributed by atoms with Gasteiger partial charge in [0.15, 0.2) is 0 Å². The van der Waals surface area contributed by atoms with E-state index in [1.165, 1.54) is 6.92 Å². The van der Waals surface area contributed by atoms with Crippen LogP contribution in [0.5, 0.6) is 0 Å². The van der Waals surface area contributed by atoms with E-state index in [0.29, 0.717) is 27.6 Å². The Morgan fingerprint density at radius 1 is 1.32 bits per heavy atom. The lowest BCUT2D eigenvalue weighted by molar-refractivity contribution is -0.141. The smallest absolute Gasteiger partial charge is 0.385 e. The molecular formula is C13H12BrF3N2. The Balaban J connectivity index is 2.87. The number of nitrogens with zero attached hydrogens (tertiary/aromatic N) is 1. The number of anilines is 1. The van der Waals surface area contributed by atoms with Crippen molar-refractivity contribution < 1.29 is 13.2 Å². The van der Waals surface area contributed by atoms with Crippen LogP contribution in [0.3, 0.4) is 0 Å². The van der Waals surface area contributed by atoms with E-state index in [9.17, 15) is 13.2 Å². The van der Waals surface area contributed by atoms with Crippen LogP contribution in [0, 0.1) is 6.92 Å². The number of rotatable bonds is 2. The van der Waals surface area contributed by atoms with Crippen LogP contribution in [0.1, 0.15) is 18.2 Å². The lowest BCUT2D eigenvalue weighted by Crippen LogP contribution is -2.13. The average molecular weight is 333 g/mol. The van der Waals surface area contributed by atoms with Gasteiger partial charge in [0.25, 0.3) is 0 Å². The van der Waals surface area contributed by atoms with Crippen LogP contribution in [-0.2, 0) is 6.18 Å². The summed E-state index contributed by atoms with van der Waals surface area (Å²) in [6, 6.07) is 5.22. The molecule has 0 radical (unpaired) electrons. The number of aromatic nitrogens is 1. The number of nitrogens with one attached hydrogen (secondary N) is 1. The maximum absolute atomic E-state index is 13.0. The van der Waals surface area contributed by atoms with E-state index in [0.717, 1.165) is 0 Å². The van der Waals surface area contributed by atoms with E-state index in [1.54, 1.807) is 18.2 Å². The fraction of sp³-hybridized carbons (Fsp3) is 0.308. The molecule has 0 atom stereocenters. The normalized spacial score (nSPS) is 11.9. The molecule has 0 bridgehead atoms. The Labute approximate surface area is 117 Å². The summed E-state index contributed by atoms with van der Waals surface area (Å²) in [6.07, 6.45) is -4.46. The predicted molar refractivity (Wildman–Crippen MR) is 73.3 cm³/mol. The SMILES string of the molecule is CCNc1c(C)c(C(F)(F)F)nc2c(Br)cccc12. The molecule has 102 valence electrons. The fourth-order valence-electron chi connectivity index (χ4n) is 2.03. The summed E-state index contributed by atoms with van der Waals surface area (Å²) in [4.78, 5) is 3.78. The molecule has 1 aromatic heterocycles. The van der Waals surface area contributed by atoms with Crippen LogP contribution < -0.4 is 5.32 Å². The van der Waals surface area contributed by atoms with E-state index >= 15 is 0 Å². The summed E-state index contributed by atoms with van der Waals surface area (Å²) in [6.45, 7) is 3.83. The molecule has 0 spiro atoms. The largest absolute Gasteiger partial charge is 0.433 e. The molecule has 6 heteroatoms. The van der Waals surface area contributed by atoms with Gasteiger partial charge in [-0.1, -0.05) is 12.1 Å². The van der Waals surface area contributed by atoms with Crippen LogP contribution in [-0.4, -0.2) is 11.5 Å². The lowest BCUT2D eigenvalue weighted by atomic mass is 10.1. The lowest BCUT2D eigenvalue weighted by Gasteiger charge is -2.17. The highest BCUT2D eigenvalue weighted by atomic mass is 79.9. The van der Waals surface area contributed by atoms with Crippen molar-refractivity contribution in [2.75, 3.05) is 11.9 Å². The van der Waals surface area contributed by atoms with Crippen molar-refractivity contribution >= 4 is 32.5 Å². The molecule has 1 heterocycles. The second-order valence-electron chi connectivity index (χ2n) is 4.12. The minimum Gasteiger partial charge on any atom is -0.385 e. The third-order valence-corrected chi connectivity index (χ3v) is 3.47. The minimum absolute atomic E-state index is 0.125. The average Bonchev–Trinajstić information content (AvgIpc) is 2.31. The summed E-state index contributed by atoms with van der Waals surface area (Å²) in [5.41, 5.74) is 0.0836. The zero-order valence-corrected chi connectivity index (χ0v) is 12.0. The summed E-state index contributed by atoms with van der Waals surface area (Å²) >= 11 is 3.25. The van der Waals surface area contributed by atoms with Crippen LogP contribution in [0.25, 0.3) is 10.9 Å². The summed E-state index contributed by atoms with van der Waals surface area (Å²) in [7, 11) is 0. The standard InChI is InChI=1S/C13H12BrF3N2/c1-3-18-10-7(2)12(13(15,16)17)19-11-8(10)5-4-6-9(11)14/h4-6H,3H2,1-2H3,(H,18,19). The van der Waals surface area contributed by atoms with Gasteiger partial charge in [-0.05, 0) is 35.8 Å². The monoisotopic (exact) mass is 332 g/mol. The number of pyridine rings is 1. The molecule has 1 N–H and O–H groups in total. The van der Waals surface area contributed by atoms with E-state index in [-0.39, 0.29) is 5.56 Å². The number of alkyl halides is 3. The first-order valence-corrected chi connectivity index (χ1v) is 6.55. The molecular weight excluding hydrogens is 321 g/mol. The number of hydrogen-bond donors (Lipinski definition) is 1. The number of hydrogen-bond acceptors (Lipinski definition) is 2. The van der Waals surface area contributed by atoms with Gasteiger partial charge in [-0.25, -0.2) is 4.98 Å². The summed E-state index contributed by atoms with van der Waals surface area (Å²) in [5.74, 6) is 0. The van der Waals surface area contributed by atoms with E-state index < -0.39 is 11.9 Å². The predicted octanol–water partition coefficient (Wildman–Crippen LogP) is 4.76. The first kappa shape index (κ1) is 14.1. The van der Waals surface area contributed by atoms with Crippen LogP contribution in [0.2, 0.25) is 0 Å². The number of halogens is 4. The van der Waals surface area contributed by atoms with Gasteiger partial charge in [-0.2, -0.15) is 13.2 Å².